The number of piperazine rings is 1. The maximum absolute atomic E-state index is 10.4. The van der Waals surface area contributed by atoms with Gasteiger partial charge in [-0.15, -0.1) is 6.58 Å². The van der Waals surface area contributed by atoms with Crippen LogP contribution in [0.25, 0.3) is 0 Å². The van der Waals surface area contributed by atoms with E-state index in [1.807, 2.05) is 19.1 Å². The Morgan fingerprint density at radius 3 is 2.65 bits per heavy atom. The van der Waals surface area contributed by atoms with E-state index in [-0.39, 0.29) is 6.04 Å². The Labute approximate surface area is 137 Å². The van der Waals surface area contributed by atoms with Crippen LogP contribution in [0.15, 0.2) is 33.2 Å². The molecule has 0 radical (unpaired) electrons. The highest BCUT2D eigenvalue weighted by Gasteiger charge is 2.25. The minimum absolute atomic E-state index is 0.170. The van der Waals surface area contributed by atoms with Crippen LogP contribution >= 0.6 is 31.9 Å². The number of hydrogen-bond acceptors (Lipinski definition) is 3. The number of hydrogen-bond donors (Lipinski definition) is 2. The van der Waals surface area contributed by atoms with Gasteiger partial charge in [0, 0.05) is 42.3 Å². The molecule has 1 aromatic rings. The van der Waals surface area contributed by atoms with E-state index < -0.39 is 0 Å². The van der Waals surface area contributed by atoms with Crippen molar-refractivity contribution in [3.05, 3.63) is 38.8 Å². The summed E-state index contributed by atoms with van der Waals surface area (Å²) in [6.45, 7) is 10.0. The van der Waals surface area contributed by atoms with Gasteiger partial charge in [0.2, 0.25) is 0 Å². The Hall–Kier alpha value is -0.360. The molecular weight excluding hydrogens is 384 g/mol. The molecule has 0 amide bonds. The van der Waals surface area contributed by atoms with Crippen LogP contribution in [0.3, 0.4) is 0 Å². The molecule has 0 bridgehead atoms. The number of benzene rings is 1. The van der Waals surface area contributed by atoms with Crippen LogP contribution in [0.1, 0.15) is 24.9 Å². The topological polar surface area (TPSA) is 35.5 Å². The lowest BCUT2D eigenvalue weighted by atomic mass is 9.97. The zero-order chi connectivity index (χ0) is 14.7. The standard InChI is InChI=1S/C15H20Br2N2O/c1-10(2)7-14(19-5-3-18-4-6-19)12-8-11(16)9-13(17)15(12)20/h8-9,14,18,20H,1,3-7H2,2H3/t14-/m1/s1. The van der Waals surface area contributed by atoms with E-state index in [9.17, 15) is 5.11 Å². The van der Waals surface area contributed by atoms with E-state index in [0.29, 0.717) is 5.75 Å². The molecular formula is C15H20Br2N2O. The van der Waals surface area contributed by atoms with E-state index >= 15 is 0 Å². The Bertz CT molecular complexity index is 499. The molecule has 0 unspecified atom stereocenters. The van der Waals surface area contributed by atoms with Gasteiger partial charge in [0.05, 0.1) is 4.47 Å². The van der Waals surface area contributed by atoms with Gasteiger partial charge in [-0.3, -0.25) is 4.90 Å². The molecule has 0 saturated carbocycles. The first kappa shape index (κ1) is 16.0. The van der Waals surface area contributed by atoms with Crippen molar-refractivity contribution >= 4 is 31.9 Å². The van der Waals surface area contributed by atoms with Gasteiger partial charge in [0.25, 0.3) is 0 Å². The highest BCUT2D eigenvalue weighted by molar-refractivity contribution is 9.11. The van der Waals surface area contributed by atoms with Crippen LogP contribution in [-0.2, 0) is 0 Å². The van der Waals surface area contributed by atoms with Crippen molar-refractivity contribution in [2.75, 3.05) is 26.2 Å². The largest absolute Gasteiger partial charge is 0.506 e. The summed E-state index contributed by atoms with van der Waals surface area (Å²) in [5, 5.41) is 13.8. The molecule has 0 spiro atoms. The highest BCUT2D eigenvalue weighted by Crippen LogP contribution is 2.39. The molecule has 2 N–H and O–H groups in total. The van der Waals surface area contributed by atoms with Crippen LogP contribution in [-0.4, -0.2) is 36.2 Å². The van der Waals surface area contributed by atoms with Crippen molar-refractivity contribution in [1.29, 1.82) is 0 Å². The van der Waals surface area contributed by atoms with Gasteiger partial charge in [-0.2, -0.15) is 0 Å². The third kappa shape index (κ3) is 3.85. The smallest absolute Gasteiger partial charge is 0.134 e. The summed E-state index contributed by atoms with van der Waals surface area (Å²) in [6, 6.07) is 4.05. The molecule has 5 heteroatoms. The normalized spacial score (nSPS) is 17.9. The minimum Gasteiger partial charge on any atom is -0.506 e. The van der Waals surface area contributed by atoms with Crippen LogP contribution < -0.4 is 5.32 Å². The number of nitrogens with one attached hydrogen (secondary N) is 1. The lowest BCUT2D eigenvalue weighted by molar-refractivity contribution is 0.169. The lowest BCUT2D eigenvalue weighted by Crippen LogP contribution is -2.45. The zero-order valence-corrected chi connectivity index (χ0v) is 14.8. The summed E-state index contributed by atoms with van der Waals surface area (Å²) in [4.78, 5) is 2.42. The molecule has 1 aliphatic heterocycles. The van der Waals surface area contributed by atoms with E-state index in [1.165, 1.54) is 0 Å². The van der Waals surface area contributed by atoms with Gasteiger partial charge in [0.1, 0.15) is 5.75 Å². The SMILES string of the molecule is C=C(C)C[C@H](c1cc(Br)cc(Br)c1O)N1CCNCC1. The predicted octanol–water partition coefficient (Wildman–Crippen LogP) is 3.83. The average Bonchev–Trinajstić information content (AvgIpc) is 2.41. The number of phenols is 1. The molecule has 1 heterocycles. The lowest BCUT2D eigenvalue weighted by Gasteiger charge is -2.36. The number of halogens is 2. The Balaban J connectivity index is 2.37. The number of rotatable bonds is 4. The zero-order valence-electron chi connectivity index (χ0n) is 11.6. The second-order valence-electron chi connectivity index (χ2n) is 5.29. The van der Waals surface area contributed by atoms with Crippen LogP contribution in [0, 0.1) is 0 Å². The average molecular weight is 404 g/mol. The van der Waals surface area contributed by atoms with Gasteiger partial charge in [-0.05, 0) is 41.4 Å². The summed E-state index contributed by atoms with van der Waals surface area (Å²) in [5.41, 5.74) is 2.08. The molecule has 0 aromatic heterocycles. The number of nitrogens with zero attached hydrogens (tertiary/aromatic N) is 1. The molecule has 1 saturated heterocycles. The predicted molar refractivity (Wildman–Crippen MR) is 90.1 cm³/mol. The molecule has 1 aliphatic rings. The van der Waals surface area contributed by atoms with Crippen molar-refractivity contribution < 1.29 is 5.11 Å². The van der Waals surface area contributed by atoms with Gasteiger partial charge in [-0.1, -0.05) is 21.5 Å². The minimum atomic E-state index is 0.170. The van der Waals surface area contributed by atoms with Gasteiger partial charge in [0.15, 0.2) is 0 Å². The summed E-state index contributed by atoms with van der Waals surface area (Å²) >= 11 is 6.93. The van der Waals surface area contributed by atoms with Crippen molar-refractivity contribution in [3.63, 3.8) is 0 Å². The van der Waals surface area contributed by atoms with Crippen molar-refractivity contribution in [1.82, 2.24) is 10.2 Å². The molecule has 0 aliphatic carbocycles. The fourth-order valence-electron chi connectivity index (χ4n) is 2.60. The molecule has 1 atom stereocenters. The van der Waals surface area contributed by atoms with Gasteiger partial charge >= 0.3 is 0 Å². The summed E-state index contributed by atoms with van der Waals surface area (Å²) in [6.07, 6.45) is 0.858. The summed E-state index contributed by atoms with van der Waals surface area (Å²) in [7, 11) is 0. The van der Waals surface area contributed by atoms with Gasteiger partial charge in [-0.25, -0.2) is 0 Å². The van der Waals surface area contributed by atoms with E-state index in [4.69, 9.17) is 0 Å². The third-order valence-corrected chi connectivity index (χ3v) is 4.61. The molecule has 2 rings (SSSR count). The molecule has 110 valence electrons. The Morgan fingerprint density at radius 2 is 2.05 bits per heavy atom. The fraction of sp³-hybridized carbons (Fsp3) is 0.467. The first-order valence-electron chi connectivity index (χ1n) is 6.76. The maximum Gasteiger partial charge on any atom is 0.134 e. The first-order valence-corrected chi connectivity index (χ1v) is 8.34. The second-order valence-corrected chi connectivity index (χ2v) is 7.06. The first-order chi connectivity index (χ1) is 9.49. The monoisotopic (exact) mass is 402 g/mol. The second kappa shape index (κ2) is 7.07. The quantitative estimate of drug-likeness (QED) is 0.750. The summed E-state index contributed by atoms with van der Waals surface area (Å²) < 4.78 is 1.70. The number of phenolic OH excluding ortho intramolecular Hbond substituents is 1. The Morgan fingerprint density at radius 1 is 1.40 bits per heavy atom. The van der Waals surface area contributed by atoms with Crippen molar-refractivity contribution in [2.24, 2.45) is 0 Å². The molecule has 1 fully saturated rings. The third-order valence-electron chi connectivity index (χ3n) is 3.55. The van der Waals surface area contributed by atoms with Crippen LogP contribution in [0.4, 0.5) is 0 Å². The van der Waals surface area contributed by atoms with Crippen molar-refractivity contribution in [2.45, 2.75) is 19.4 Å². The molecule has 3 nitrogen and oxygen atoms in total. The van der Waals surface area contributed by atoms with E-state index in [0.717, 1.165) is 52.7 Å². The van der Waals surface area contributed by atoms with Crippen LogP contribution in [0.2, 0.25) is 0 Å². The summed E-state index contributed by atoms with van der Waals surface area (Å²) in [5.74, 6) is 0.331. The van der Waals surface area contributed by atoms with Gasteiger partial charge < -0.3 is 10.4 Å². The molecule has 1 aromatic carbocycles. The fourth-order valence-corrected chi connectivity index (χ4v) is 3.86. The molecule has 20 heavy (non-hydrogen) atoms. The highest BCUT2D eigenvalue weighted by atomic mass is 79.9. The van der Waals surface area contributed by atoms with E-state index in [1.54, 1.807) is 0 Å². The Kier molecular flexibility index (Phi) is 5.66. The van der Waals surface area contributed by atoms with Crippen molar-refractivity contribution in [3.8, 4) is 5.75 Å². The van der Waals surface area contributed by atoms with Crippen LogP contribution in [0.5, 0.6) is 5.75 Å². The maximum atomic E-state index is 10.4. The number of aromatic hydroxyl groups is 1. The van der Waals surface area contributed by atoms with E-state index in [2.05, 4.69) is 48.7 Å².